The van der Waals surface area contributed by atoms with E-state index in [-0.39, 0.29) is 12.3 Å². The molecule has 1 fully saturated rings. The minimum Gasteiger partial charge on any atom is -0.481 e. The summed E-state index contributed by atoms with van der Waals surface area (Å²) in [6.07, 6.45) is 0.210. The number of carboxylic acid groups (broad SMARTS) is 1. The Labute approximate surface area is 118 Å². The minimum absolute atomic E-state index is 0.210. The van der Waals surface area contributed by atoms with Crippen LogP contribution in [0.3, 0.4) is 0 Å². The summed E-state index contributed by atoms with van der Waals surface area (Å²) in [4.78, 5) is 19.3. The zero-order chi connectivity index (χ0) is 14.5. The Balaban J connectivity index is 1.74. The van der Waals surface area contributed by atoms with E-state index in [2.05, 4.69) is 19.9 Å². The van der Waals surface area contributed by atoms with Crippen LogP contribution < -0.4 is 0 Å². The van der Waals surface area contributed by atoms with E-state index in [1.165, 1.54) is 0 Å². The average Bonchev–Trinajstić information content (AvgIpc) is 2.86. The Hall–Kier alpha value is -1.47. The van der Waals surface area contributed by atoms with E-state index in [0.29, 0.717) is 19.0 Å². The Morgan fingerprint density at radius 2 is 1.95 bits per heavy atom. The van der Waals surface area contributed by atoms with Crippen molar-refractivity contribution in [2.45, 2.75) is 32.7 Å². The molecule has 0 radical (unpaired) electrons. The molecule has 1 aliphatic heterocycles. The zero-order valence-corrected chi connectivity index (χ0v) is 12.1. The van der Waals surface area contributed by atoms with Crippen LogP contribution >= 0.6 is 0 Å². The molecular formula is C13H22N4O3. The van der Waals surface area contributed by atoms with Crippen LogP contribution in [0, 0.1) is 0 Å². The summed E-state index contributed by atoms with van der Waals surface area (Å²) in [7, 11) is 0. The lowest BCUT2D eigenvalue weighted by molar-refractivity contribution is -0.137. The molecule has 1 N–H and O–H groups in total. The lowest BCUT2D eigenvalue weighted by Crippen LogP contribution is -2.46. The van der Waals surface area contributed by atoms with Crippen LogP contribution in [0.15, 0.2) is 4.52 Å². The molecule has 0 aromatic carbocycles. The first-order valence-electron chi connectivity index (χ1n) is 7.03. The lowest BCUT2D eigenvalue weighted by atomic mass is 10.2. The number of rotatable bonds is 6. The van der Waals surface area contributed by atoms with Crippen LogP contribution in [0.25, 0.3) is 0 Å². The van der Waals surface area contributed by atoms with E-state index in [4.69, 9.17) is 9.63 Å². The van der Waals surface area contributed by atoms with Crippen molar-refractivity contribution in [2.24, 2.45) is 0 Å². The van der Waals surface area contributed by atoms with Crippen molar-refractivity contribution in [1.29, 1.82) is 0 Å². The van der Waals surface area contributed by atoms with Crippen LogP contribution in [0.4, 0.5) is 0 Å². The first-order valence-corrected chi connectivity index (χ1v) is 7.03. The molecule has 0 bridgehead atoms. The van der Waals surface area contributed by atoms with Crippen molar-refractivity contribution < 1.29 is 14.4 Å². The molecule has 20 heavy (non-hydrogen) atoms. The van der Waals surface area contributed by atoms with Crippen molar-refractivity contribution >= 4 is 5.97 Å². The molecule has 2 rings (SSSR count). The van der Waals surface area contributed by atoms with Gasteiger partial charge in [-0.25, -0.2) is 0 Å². The molecule has 7 nitrogen and oxygen atoms in total. The highest BCUT2D eigenvalue weighted by atomic mass is 16.5. The van der Waals surface area contributed by atoms with E-state index >= 15 is 0 Å². The topological polar surface area (TPSA) is 82.7 Å². The summed E-state index contributed by atoms with van der Waals surface area (Å²) in [5, 5.41) is 12.6. The average molecular weight is 282 g/mol. The summed E-state index contributed by atoms with van der Waals surface area (Å²) in [5.74, 6) is 0.952. The van der Waals surface area contributed by atoms with Crippen LogP contribution in [-0.2, 0) is 11.3 Å². The highest BCUT2D eigenvalue weighted by molar-refractivity contribution is 5.66. The monoisotopic (exact) mass is 282 g/mol. The summed E-state index contributed by atoms with van der Waals surface area (Å²) in [5.41, 5.74) is 0. The van der Waals surface area contributed by atoms with Crippen molar-refractivity contribution in [3.8, 4) is 0 Å². The fourth-order valence-electron chi connectivity index (χ4n) is 2.18. The van der Waals surface area contributed by atoms with Crippen molar-refractivity contribution in [3.63, 3.8) is 0 Å². The maximum absolute atomic E-state index is 10.5. The van der Waals surface area contributed by atoms with E-state index in [1.54, 1.807) is 0 Å². The third-order valence-electron chi connectivity index (χ3n) is 3.47. The van der Waals surface area contributed by atoms with Gasteiger partial charge in [0.2, 0.25) is 5.89 Å². The lowest BCUT2D eigenvalue weighted by Gasteiger charge is -2.33. The molecule has 1 saturated heterocycles. The van der Waals surface area contributed by atoms with Crippen LogP contribution in [-0.4, -0.2) is 63.7 Å². The quantitative estimate of drug-likeness (QED) is 0.825. The number of piperazine rings is 1. The fourth-order valence-corrected chi connectivity index (χ4v) is 2.18. The molecule has 0 amide bonds. The number of carboxylic acids is 1. The Kier molecular flexibility index (Phi) is 5.08. The Morgan fingerprint density at radius 1 is 1.30 bits per heavy atom. The van der Waals surface area contributed by atoms with E-state index in [1.807, 2.05) is 13.8 Å². The van der Waals surface area contributed by atoms with Gasteiger partial charge >= 0.3 is 5.97 Å². The van der Waals surface area contributed by atoms with E-state index in [0.717, 1.165) is 32.0 Å². The van der Waals surface area contributed by atoms with Gasteiger partial charge in [-0.05, 0) is 0 Å². The van der Waals surface area contributed by atoms with Gasteiger partial charge in [-0.1, -0.05) is 19.0 Å². The van der Waals surface area contributed by atoms with Gasteiger partial charge in [0.15, 0.2) is 5.82 Å². The molecule has 0 unspecified atom stereocenters. The van der Waals surface area contributed by atoms with Gasteiger partial charge in [-0.3, -0.25) is 9.69 Å². The summed E-state index contributed by atoms with van der Waals surface area (Å²) in [6, 6.07) is 0. The summed E-state index contributed by atoms with van der Waals surface area (Å²) < 4.78 is 5.24. The van der Waals surface area contributed by atoms with E-state index < -0.39 is 5.97 Å². The second kappa shape index (κ2) is 6.81. The molecule has 0 spiro atoms. The predicted molar refractivity (Wildman–Crippen MR) is 72.4 cm³/mol. The first kappa shape index (κ1) is 14.9. The highest BCUT2D eigenvalue weighted by Crippen LogP contribution is 2.12. The van der Waals surface area contributed by atoms with Crippen LogP contribution in [0.1, 0.15) is 37.9 Å². The summed E-state index contributed by atoms with van der Waals surface area (Å²) >= 11 is 0. The van der Waals surface area contributed by atoms with E-state index in [9.17, 15) is 4.79 Å². The van der Waals surface area contributed by atoms with Crippen LogP contribution in [0.2, 0.25) is 0 Å². The Bertz CT molecular complexity index is 439. The number of aliphatic carboxylic acids is 1. The van der Waals surface area contributed by atoms with Crippen molar-refractivity contribution in [2.75, 3.05) is 32.7 Å². The minimum atomic E-state index is -0.737. The molecule has 2 heterocycles. The number of hydrogen-bond acceptors (Lipinski definition) is 6. The molecule has 0 saturated carbocycles. The molecule has 7 heteroatoms. The Morgan fingerprint density at radius 3 is 2.50 bits per heavy atom. The third-order valence-corrected chi connectivity index (χ3v) is 3.47. The molecule has 0 aliphatic carbocycles. The number of carbonyl (C=O) groups is 1. The second-order valence-corrected chi connectivity index (χ2v) is 5.46. The largest absolute Gasteiger partial charge is 0.481 e. The van der Waals surface area contributed by atoms with Gasteiger partial charge in [0.25, 0.3) is 0 Å². The second-order valence-electron chi connectivity index (χ2n) is 5.46. The fraction of sp³-hybridized carbons (Fsp3) is 0.769. The normalized spacial score (nSPS) is 17.8. The molecule has 1 aromatic rings. The van der Waals surface area contributed by atoms with Gasteiger partial charge < -0.3 is 14.5 Å². The predicted octanol–water partition coefficient (Wildman–Crippen LogP) is 0.785. The van der Waals surface area contributed by atoms with Gasteiger partial charge in [0.05, 0.1) is 13.0 Å². The zero-order valence-electron chi connectivity index (χ0n) is 12.1. The molecular weight excluding hydrogens is 260 g/mol. The van der Waals surface area contributed by atoms with Gasteiger partial charge in [-0.15, -0.1) is 0 Å². The molecule has 1 aliphatic rings. The van der Waals surface area contributed by atoms with Crippen LogP contribution in [0.5, 0.6) is 0 Å². The smallest absolute Gasteiger partial charge is 0.304 e. The van der Waals surface area contributed by atoms with Gasteiger partial charge in [-0.2, -0.15) is 4.98 Å². The van der Waals surface area contributed by atoms with Crippen molar-refractivity contribution in [3.05, 3.63) is 11.7 Å². The number of hydrogen-bond donors (Lipinski definition) is 1. The summed E-state index contributed by atoms with van der Waals surface area (Å²) in [6.45, 7) is 8.95. The van der Waals surface area contributed by atoms with Crippen molar-refractivity contribution in [1.82, 2.24) is 19.9 Å². The SMILES string of the molecule is CC(C)c1noc(CN2CCN(CCC(=O)O)CC2)n1. The highest BCUT2D eigenvalue weighted by Gasteiger charge is 2.19. The number of aromatic nitrogens is 2. The van der Waals surface area contributed by atoms with Gasteiger partial charge in [0.1, 0.15) is 0 Å². The standard InChI is InChI=1S/C13H22N4O3/c1-10(2)13-14-11(20-15-13)9-17-7-5-16(6-8-17)4-3-12(18)19/h10H,3-9H2,1-2H3,(H,18,19). The first-order chi connectivity index (χ1) is 9.54. The number of nitrogens with zero attached hydrogens (tertiary/aromatic N) is 4. The third kappa shape index (κ3) is 4.28. The maximum Gasteiger partial charge on any atom is 0.304 e. The molecule has 112 valence electrons. The maximum atomic E-state index is 10.5. The van der Waals surface area contributed by atoms with Gasteiger partial charge in [0, 0.05) is 38.6 Å². The molecule has 1 aromatic heterocycles. The molecule has 0 atom stereocenters.